The van der Waals surface area contributed by atoms with E-state index in [1.165, 1.54) is 6.92 Å². The third kappa shape index (κ3) is 13.3. The molecule has 17 heteroatoms. The van der Waals surface area contributed by atoms with Gasteiger partial charge in [0.05, 0.1) is 30.1 Å². The highest BCUT2D eigenvalue weighted by Crippen LogP contribution is 2.65. The normalized spacial score (nSPS) is 28.7. The van der Waals surface area contributed by atoms with E-state index < -0.39 is 113 Å². The molecule has 2 bridgehead atoms. The van der Waals surface area contributed by atoms with Crippen molar-refractivity contribution in [2.45, 2.75) is 290 Å². The SMILES string of the molecule is CCCCCCC(=O)N[C@@H](c1ccccc1)[C@@H](O[Si](C)(C)C(C)(C)C)C(=O)O[C@H]1C[C@@]2(O)[C@@H](OC(=O)CCCCC)[C@@H]3[C@]4(OC(C)=O)CO[C@@H]4C[C@H](O[Si](CC)(CC)CC)[C@@]3(C)C(=O)[C@H](O[Si](CC)(CC)CC)C(=C1C)C2(C)C. The Kier molecular flexibility index (Phi) is 22.5. The van der Waals surface area contributed by atoms with Crippen molar-refractivity contribution in [1.82, 2.24) is 5.32 Å². The van der Waals surface area contributed by atoms with Gasteiger partial charge in [0.15, 0.2) is 42.4 Å². The molecule has 1 aliphatic heterocycles. The minimum Gasteiger partial charge on any atom is -0.459 e. The van der Waals surface area contributed by atoms with Crippen molar-refractivity contribution in [3.63, 3.8) is 0 Å². The molecule has 0 unspecified atom stereocenters. The fraction of sp³-hybridized carbons (Fsp3) is 0.790. The third-order valence-corrected chi connectivity index (χ3v) is 34.0. The van der Waals surface area contributed by atoms with Crippen LogP contribution in [0.2, 0.25) is 54.4 Å². The summed E-state index contributed by atoms with van der Waals surface area (Å²) in [6.07, 6.45) is -1.02. The molecular weight excluding hydrogens is 1050 g/mol. The molecule has 1 saturated heterocycles. The fourth-order valence-electron chi connectivity index (χ4n) is 13.4. The average Bonchev–Trinajstić information content (AvgIpc) is 2.96. The van der Waals surface area contributed by atoms with E-state index in [1.54, 1.807) is 0 Å². The van der Waals surface area contributed by atoms with Crippen LogP contribution in [0.3, 0.4) is 0 Å². The molecule has 2 N–H and O–H groups in total. The van der Waals surface area contributed by atoms with Gasteiger partial charge in [-0.05, 0) is 97.8 Å². The molecule has 4 aliphatic rings. The number of aliphatic hydroxyl groups is 1. The summed E-state index contributed by atoms with van der Waals surface area (Å²) >= 11 is 0. The number of ketones is 1. The lowest BCUT2D eigenvalue weighted by Crippen LogP contribution is -2.82. The molecule has 1 heterocycles. The van der Waals surface area contributed by atoms with Crippen LogP contribution in [0, 0.1) is 16.7 Å². The van der Waals surface area contributed by atoms with Crippen LogP contribution in [0.4, 0.5) is 0 Å². The van der Waals surface area contributed by atoms with Gasteiger partial charge in [0.2, 0.25) is 5.91 Å². The summed E-state index contributed by atoms with van der Waals surface area (Å²) in [5.41, 5.74) is -5.06. The molecule has 0 spiro atoms. The van der Waals surface area contributed by atoms with E-state index in [-0.39, 0.29) is 49.0 Å². The first-order valence-corrected chi connectivity index (χ1v) is 38.5. The van der Waals surface area contributed by atoms with Gasteiger partial charge in [0.25, 0.3) is 0 Å². The molecule has 3 aliphatic carbocycles. The molecule has 14 nitrogen and oxygen atoms in total. The number of carbonyl (C=O) groups is 5. The highest BCUT2D eigenvalue weighted by atomic mass is 28.4. The Hall–Kier alpha value is -3.04. The van der Waals surface area contributed by atoms with Crippen molar-refractivity contribution >= 4 is 54.6 Å². The highest BCUT2D eigenvalue weighted by molar-refractivity contribution is 6.74. The number of rotatable bonds is 28. The first-order chi connectivity index (χ1) is 37.0. The standard InChI is InChI=1S/C62H105NO13Si3/c1-19-27-29-34-37-48(65)63-51(44-35-32-30-33-36-44)53(75-77(17,18)58(11,12)13)57(68)71-45-40-62(69)56(72-49(66)38-31-28-20-2)54-60(16,55(67)52(50(42(45)9)59(62,14)15)76-79(24-6,25-7)26-8)46(74-78(21-3,22-4)23-5)39-47-61(54,41-70-47)73-43(10)64/h30,32-33,35-36,45-47,51-54,56,69H,19-29,31,34,37-41H2,1-18H3,(H,63,65)/t45-,46-,47+,51-,52+,53+,54-,56-,60+,61-,62+/m0/s1. The molecule has 79 heavy (non-hydrogen) atoms. The maximum absolute atomic E-state index is 17.2. The Morgan fingerprint density at radius 2 is 1.35 bits per heavy atom. The van der Waals surface area contributed by atoms with Crippen molar-refractivity contribution in [2.24, 2.45) is 16.7 Å². The first kappa shape index (κ1) is 66.8. The van der Waals surface area contributed by atoms with E-state index in [0.29, 0.717) is 47.7 Å². The number of benzene rings is 1. The topological polar surface area (TPSA) is 182 Å². The van der Waals surface area contributed by atoms with E-state index in [0.717, 1.165) is 50.2 Å². The van der Waals surface area contributed by atoms with Gasteiger partial charge in [-0.25, -0.2) is 4.79 Å². The smallest absolute Gasteiger partial charge is 0.337 e. The third-order valence-electron chi connectivity index (χ3n) is 20.2. The summed E-state index contributed by atoms with van der Waals surface area (Å²) < 4.78 is 49.3. The van der Waals surface area contributed by atoms with Crippen LogP contribution in [-0.2, 0) is 56.2 Å². The summed E-state index contributed by atoms with van der Waals surface area (Å²) in [5.74, 6) is -3.69. The van der Waals surface area contributed by atoms with Gasteiger partial charge in [0.1, 0.15) is 30.0 Å². The molecule has 3 fully saturated rings. The van der Waals surface area contributed by atoms with Crippen LogP contribution >= 0.6 is 0 Å². The van der Waals surface area contributed by atoms with Gasteiger partial charge in [-0.2, -0.15) is 0 Å². The van der Waals surface area contributed by atoms with Crippen molar-refractivity contribution in [3.8, 4) is 0 Å². The molecule has 2 saturated carbocycles. The van der Waals surface area contributed by atoms with Crippen molar-refractivity contribution in [3.05, 3.63) is 47.0 Å². The molecule has 1 aromatic carbocycles. The molecule has 0 radical (unpaired) electrons. The molecule has 5 rings (SSSR count). The van der Waals surface area contributed by atoms with Crippen LogP contribution in [0.5, 0.6) is 0 Å². The van der Waals surface area contributed by atoms with Gasteiger partial charge in [-0.15, -0.1) is 0 Å². The number of hydrogen-bond donors (Lipinski definition) is 2. The average molecular weight is 1160 g/mol. The molecule has 0 aromatic heterocycles. The van der Waals surface area contributed by atoms with Crippen LogP contribution in [0.25, 0.3) is 0 Å². The second-order valence-corrected chi connectivity index (χ2v) is 40.2. The lowest BCUT2D eigenvalue weighted by atomic mass is 9.44. The zero-order chi connectivity index (χ0) is 59.2. The van der Waals surface area contributed by atoms with Crippen LogP contribution in [0.1, 0.15) is 193 Å². The predicted molar refractivity (Wildman–Crippen MR) is 318 cm³/mol. The Labute approximate surface area is 479 Å². The number of hydrogen-bond acceptors (Lipinski definition) is 13. The molecule has 1 amide bonds. The Morgan fingerprint density at radius 1 is 0.797 bits per heavy atom. The lowest BCUT2D eigenvalue weighted by Gasteiger charge is -2.68. The Morgan fingerprint density at radius 3 is 1.87 bits per heavy atom. The van der Waals surface area contributed by atoms with Gasteiger partial charge in [-0.1, -0.05) is 152 Å². The number of carbonyl (C=O) groups excluding carboxylic acids is 5. The predicted octanol–water partition coefficient (Wildman–Crippen LogP) is 13.2. The van der Waals surface area contributed by atoms with E-state index in [2.05, 4.69) is 87.6 Å². The lowest BCUT2D eigenvalue weighted by molar-refractivity contribution is -0.346. The molecular formula is C62H105NO13Si3. The first-order valence-electron chi connectivity index (χ1n) is 30.5. The number of esters is 3. The Balaban J connectivity index is 1.89. The number of unbranched alkanes of at least 4 members (excludes halogenated alkanes) is 5. The number of ether oxygens (including phenoxy) is 4. The summed E-state index contributed by atoms with van der Waals surface area (Å²) in [6.45, 7) is 36.0. The van der Waals surface area contributed by atoms with Gasteiger partial charge < -0.3 is 42.6 Å². The van der Waals surface area contributed by atoms with E-state index >= 15 is 9.59 Å². The summed E-state index contributed by atoms with van der Waals surface area (Å²) in [7, 11) is -8.22. The van der Waals surface area contributed by atoms with Gasteiger partial charge >= 0.3 is 17.9 Å². The number of nitrogens with one attached hydrogen (secondary N) is 1. The van der Waals surface area contributed by atoms with Crippen LogP contribution in [-0.4, -0.2) is 114 Å². The van der Waals surface area contributed by atoms with Crippen molar-refractivity contribution < 1.29 is 61.3 Å². The van der Waals surface area contributed by atoms with Crippen LogP contribution in [0.15, 0.2) is 41.5 Å². The summed E-state index contributed by atoms with van der Waals surface area (Å²) in [4.78, 5) is 75.7. The fourth-order valence-corrected chi connectivity index (χ4v) is 20.3. The van der Waals surface area contributed by atoms with Gasteiger partial charge in [-0.3, -0.25) is 19.2 Å². The van der Waals surface area contributed by atoms with Gasteiger partial charge in [0, 0.05) is 38.0 Å². The minimum absolute atomic E-state index is 0.0390. The zero-order valence-corrected chi connectivity index (χ0v) is 55.1. The van der Waals surface area contributed by atoms with E-state index in [1.807, 2.05) is 65.0 Å². The van der Waals surface area contributed by atoms with E-state index in [9.17, 15) is 19.5 Å². The number of fused-ring (bicyclic) bond motifs is 5. The van der Waals surface area contributed by atoms with Crippen LogP contribution < -0.4 is 5.32 Å². The largest absolute Gasteiger partial charge is 0.459 e. The molecule has 448 valence electrons. The highest BCUT2D eigenvalue weighted by Gasteiger charge is 2.79. The second-order valence-electron chi connectivity index (χ2n) is 26.0. The number of amides is 1. The maximum Gasteiger partial charge on any atom is 0.337 e. The quantitative estimate of drug-likeness (QED) is 0.0266. The second kappa shape index (κ2) is 26.7. The minimum atomic E-state index is -2.86. The molecule has 1 aromatic rings. The number of Topliss-reactive ketones (excluding diaryl/α,β-unsaturated/α-hetero) is 1. The Bertz CT molecular complexity index is 2280. The monoisotopic (exact) mass is 1160 g/mol. The van der Waals surface area contributed by atoms with E-state index in [4.69, 9.17) is 32.2 Å². The maximum atomic E-state index is 17.2. The molecule has 11 atom stereocenters. The van der Waals surface area contributed by atoms with Crippen molar-refractivity contribution in [1.29, 1.82) is 0 Å². The summed E-state index contributed by atoms with van der Waals surface area (Å²) in [5, 5.41) is 17.5. The summed E-state index contributed by atoms with van der Waals surface area (Å²) in [6, 6.07) is 12.8. The zero-order valence-electron chi connectivity index (χ0n) is 52.1. The van der Waals surface area contributed by atoms with Crippen molar-refractivity contribution in [2.75, 3.05) is 6.61 Å².